The van der Waals surface area contributed by atoms with Crippen LogP contribution >= 0.6 is 0 Å². The molecule has 0 saturated carbocycles. The summed E-state index contributed by atoms with van der Waals surface area (Å²) in [4.78, 5) is 0. The molecule has 2 aromatic carbocycles. The Labute approximate surface area is 117 Å². The molecule has 0 aliphatic carbocycles. The van der Waals surface area contributed by atoms with Gasteiger partial charge in [-0.3, -0.25) is 0 Å². The predicted octanol–water partition coefficient (Wildman–Crippen LogP) is 2.51. The van der Waals surface area contributed by atoms with E-state index < -0.39 is 0 Å². The van der Waals surface area contributed by atoms with Crippen LogP contribution in [0, 0.1) is 0 Å². The van der Waals surface area contributed by atoms with E-state index in [0.29, 0.717) is 11.5 Å². The summed E-state index contributed by atoms with van der Waals surface area (Å²) in [7, 11) is 0. The zero-order valence-electron chi connectivity index (χ0n) is 10.9. The number of hydrogen-bond acceptors (Lipinski definition) is 4. The van der Waals surface area contributed by atoms with Crippen molar-refractivity contribution >= 4 is 12.2 Å². The molecule has 0 aliphatic rings. The van der Waals surface area contributed by atoms with E-state index in [0.717, 1.165) is 11.1 Å². The van der Waals surface area contributed by atoms with Crippen molar-refractivity contribution in [2.75, 3.05) is 13.6 Å². The van der Waals surface area contributed by atoms with Gasteiger partial charge < -0.3 is 19.7 Å². The molecule has 0 aromatic heterocycles. The third-order valence-corrected chi connectivity index (χ3v) is 2.69. The van der Waals surface area contributed by atoms with E-state index in [-0.39, 0.29) is 13.6 Å². The van der Waals surface area contributed by atoms with Crippen molar-refractivity contribution < 1.29 is 19.7 Å². The van der Waals surface area contributed by atoms with Gasteiger partial charge in [-0.2, -0.15) is 0 Å². The van der Waals surface area contributed by atoms with Crippen molar-refractivity contribution in [3.63, 3.8) is 0 Å². The summed E-state index contributed by atoms with van der Waals surface area (Å²) in [6.07, 6.45) is 3.95. The minimum absolute atomic E-state index is 0.322. The van der Waals surface area contributed by atoms with Gasteiger partial charge in [-0.25, -0.2) is 0 Å². The maximum absolute atomic E-state index is 8.64. The largest absolute Gasteiger partial charge is 0.468 e. The molecule has 20 heavy (non-hydrogen) atoms. The molecule has 104 valence electrons. The van der Waals surface area contributed by atoms with Crippen LogP contribution in [0.4, 0.5) is 0 Å². The fourth-order valence-electron chi connectivity index (χ4n) is 1.69. The van der Waals surface area contributed by atoms with Crippen LogP contribution in [0.5, 0.6) is 11.5 Å². The quantitative estimate of drug-likeness (QED) is 0.626. The second-order valence-electron chi connectivity index (χ2n) is 4.02. The molecule has 2 aromatic rings. The molecule has 0 unspecified atom stereocenters. The minimum atomic E-state index is -0.322. The Hall–Kier alpha value is -2.30. The van der Waals surface area contributed by atoms with Crippen LogP contribution < -0.4 is 9.47 Å². The van der Waals surface area contributed by atoms with Gasteiger partial charge in [0, 0.05) is 0 Å². The molecule has 0 fully saturated rings. The van der Waals surface area contributed by atoms with Crippen LogP contribution in [-0.4, -0.2) is 23.8 Å². The van der Waals surface area contributed by atoms with Gasteiger partial charge in [0.15, 0.2) is 13.6 Å². The van der Waals surface area contributed by atoms with E-state index >= 15 is 0 Å². The maximum atomic E-state index is 8.64. The van der Waals surface area contributed by atoms with Gasteiger partial charge in [0.25, 0.3) is 0 Å². The zero-order valence-corrected chi connectivity index (χ0v) is 10.9. The number of aliphatic hydroxyl groups excluding tert-OH is 2. The van der Waals surface area contributed by atoms with Gasteiger partial charge in [-0.05, 0) is 35.4 Å². The SMILES string of the molecule is OCOc1ccc(/C=C/c2ccc(OCO)cc2)cc1. The molecule has 0 saturated heterocycles. The maximum Gasteiger partial charge on any atom is 0.186 e. The van der Waals surface area contributed by atoms with Gasteiger partial charge >= 0.3 is 0 Å². The highest BCUT2D eigenvalue weighted by atomic mass is 16.6. The average Bonchev–Trinajstić information content (AvgIpc) is 2.49. The highest BCUT2D eigenvalue weighted by molar-refractivity contribution is 5.70. The lowest BCUT2D eigenvalue weighted by molar-refractivity contribution is 0.0981. The van der Waals surface area contributed by atoms with Crippen LogP contribution in [0.15, 0.2) is 48.5 Å². The molecule has 0 bridgehead atoms. The molecule has 0 amide bonds. The summed E-state index contributed by atoms with van der Waals surface area (Å²) in [6.45, 7) is -0.644. The lowest BCUT2D eigenvalue weighted by atomic mass is 10.1. The third kappa shape index (κ3) is 4.12. The molecule has 0 spiro atoms. The Kier molecular flexibility index (Phi) is 5.17. The van der Waals surface area contributed by atoms with Crippen molar-refractivity contribution in [3.05, 3.63) is 59.7 Å². The van der Waals surface area contributed by atoms with Crippen molar-refractivity contribution in [1.82, 2.24) is 0 Å². The van der Waals surface area contributed by atoms with Gasteiger partial charge in [0.2, 0.25) is 0 Å². The zero-order chi connectivity index (χ0) is 14.2. The first-order valence-corrected chi connectivity index (χ1v) is 6.17. The standard InChI is InChI=1S/C16H16O4/c17-11-19-15-7-3-13(4-8-15)1-2-14-5-9-16(10-6-14)20-12-18/h1-10,17-18H,11-12H2/b2-1+. The molecule has 0 heterocycles. The topological polar surface area (TPSA) is 58.9 Å². The van der Waals surface area contributed by atoms with E-state index in [2.05, 4.69) is 0 Å². The van der Waals surface area contributed by atoms with E-state index in [9.17, 15) is 0 Å². The molecular weight excluding hydrogens is 256 g/mol. The number of rotatable bonds is 6. The Morgan fingerprint density at radius 1 is 0.650 bits per heavy atom. The first-order chi connectivity index (χ1) is 9.81. The van der Waals surface area contributed by atoms with Crippen LogP contribution in [0.1, 0.15) is 11.1 Å². The fraction of sp³-hybridized carbons (Fsp3) is 0.125. The van der Waals surface area contributed by atoms with Crippen molar-refractivity contribution in [2.45, 2.75) is 0 Å². The summed E-state index contributed by atoms with van der Waals surface area (Å²) >= 11 is 0. The molecule has 4 heteroatoms. The highest BCUT2D eigenvalue weighted by Crippen LogP contribution is 2.16. The molecule has 0 atom stereocenters. The van der Waals surface area contributed by atoms with Gasteiger partial charge in [-0.1, -0.05) is 36.4 Å². The Morgan fingerprint density at radius 3 is 1.30 bits per heavy atom. The Morgan fingerprint density at radius 2 is 1.00 bits per heavy atom. The van der Waals surface area contributed by atoms with E-state index in [4.69, 9.17) is 19.7 Å². The summed E-state index contributed by atoms with van der Waals surface area (Å²) in [5, 5.41) is 17.3. The second-order valence-corrected chi connectivity index (χ2v) is 4.02. The highest BCUT2D eigenvalue weighted by Gasteiger charge is 1.94. The molecule has 0 radical (unpaired) electrons. The first-order valence-electron chi connectivity index (χ1n) is 6.17. The number of ether oxygens (including phenoxy) is 2. The summed E-state index contributed by atoms with van der Waals surface area (Å²) in [6, 6.07) is 14.8. The molecule has 4 nitrogen and oxygen atoms in total. The van der Waals surface area contributed by atoms with E-state index in [1.807, 2.05) is 36.4 Å². The number of hydrogen-bond donors (Lipinski definition) is 2. The van der Waals surface area contributed by atoms with Gasteiger partial charge in [0.05, 0.1) is 0 Å². The Balaban J connectivity index is 2.01. The van der Waals surface area contributed by atoms with Gasteiger partial charge in [-0.15, -0.1) is 0 Å². The fourth-order valence-corrected chi connectivity index (χ4v) is 1.69. The minimum Gasteiger partial charge on any atom is -0.468 e. The average molecular weight is 272 g/mol. The molecule has 2 rings (SSSR count). The van der Waals surface area contributed by atoms with Crippen LogP contribution in [0.2, 0.25) is 0 Å². The molecule has 2 N–H and O–H groups in total. The Bertz CT molecular complexity index is 492. The molecular formula is C16H16O4. The van der Waals surface area contributed by atoms with E-state index in [1.165, 1.54) is 0 Å². The summed E-state index contributed by atoms with van der Waals surface area (Å²) < 4.78 is 9.91. The lowest BCUT2D eigenvalue weighted by Crippen LogP contribution is -1.93. The number of aliphatic hydroxyl groups is 2. The van der Waals surface area contributed by atoms with Crippen LogP contribution in [0.3, 0.4) is 0 Å². The van der Waals surface area contributed by atoms with Crippen LogP contribution in [-0.2, 0) is 0 Å². The van der Waals surface area contributed by atoms with Crippen molar-refractivity contribution in [3.8, 4) is 11.5 Å². The normalized spacial score (nSPS) is 10.7. The van der Waals surface area contributed by atoms with Gasteiger partial charge in [0.1, 0.15) is 11.5 Å². The third-order valence-electron chi connectivity index (χ3n) is 2.69. The predicted molar refractivity (Wildman–Crippen MR) is 77.2 cm³/mol. The smallest absolute Gasteiger partial charge is 0.186 e. The van der Waals surface area contributed by atoms with Crippen LogP contribution in [0.25, 0.3) is 12.2 Å². The first kappa shape index (κ1) is 14.1. The summed E-state index contributed by atoms with van der Waals surface area (Å²) in [5.41, 5.74) is 2.07. The monoisotopic (exact) mass is 272 g/mol. The van der Waals surface area contributed by atoms with Crippen molar-refractivity contribution in [1.29, 1.82) is 0 Å². The van der Waals surface area contributed by atoms with E-state index in [1.54, 1.807) is 24.3 Å². The summed E-state index contributed by atoms with van der Waals surface area (Å²) in [5.74, 6) is 1.27. The number of benzene rings is 2. The van der Waals surface area contributed by atoms with Crippen molar-refractivity contribution in [2.24, 2.45) is 0 Å². The lowest BCUT2D eigenvalue weighted by Gasteiger charge is -2.02. The molecule has 0 aliphatic heterocycles. The second kappa shape index (κ2) is 7.33.